The van der Waals surface area contributed by atoms with Gasteiger partial charge >= 0.3 is 0 Å². The van der Waals surface area contributed by atoms with Crippen LogP contribution in [0.25, 0.3) is 0 Å². The number of benzene rings is 1. The van der Waals surface area contributed by atoms with Crippen molar-refractivity contribution in [2.45, 2.75) is 32.2 Å². The van der Waals surface area contributed by atoms with Gasteiger partial charge in [0.1, 0.15) is 0 Å². The molecule has 1 unspecified atom stereocenters. The first-order valence-electron chi connectivity index (χ1n) is 5.75. The Kier molecular flexibility index (Phi) is 5.96. The van der Waals surface area contributed by atoms with Crippen LogP contribution < -0.4 is 5.32 Å². The summed E-state index contributed by atoms with van der Waals surface area (Å²) in [4.78, 5) is 12.2. The van der Waals surface area contributed by atoms with Gasteiger partial charge in [0.15, 0.2) is 0 Å². The van der Waals surface area contributed by atoms with Gasteiger partial charge in [-0.25, -0.2) is 0 Å². The van der Waals surface area contributed by atoms with Crippen LogP contribution in [0.2, 0.25) is 10.0 Å². The summed E-state index contributed by atoms with van der Waals surface area (Å²) in [6.07, 6.45) is 1.70. The zero-order valence-corrected chi connectivity index (χ0v) is 13.5. The minimum Gasteiger partial charge on any atom is -0.347 e. The molecule has 1 amide bonds. The number of alkyl halides is 1. The van der Waals surface area contributed by atoms with Crippen molar-refractivity contribution < 1.29 is 4.79 Å². The second-order valence-electron chi connectivity index (χ2n) is 4.43. The van der Waals surface area contributed by atoms with Gasteiger partial charge in [-0.05, 0) is 38.0 Å². The maximum atomic E-state index is 12.2. The topological polar surface area (TPSA) is 29.1 Å². The van der Waals surface area contributed by atoms with Crippen LogP contribution >= 0.6 is 39.1 Å². The van der Waals surface area contributed by atoms with E-state index in [1.165, 1.54) is 0 Å². The second kappa shape index (κ2) is 6.78. The number of hydrogen-bond donors (Lipinski definition) is 1. The summed E-state index contributed by atoms with van der Waals surface area (Å²) < 4.78 is 0. The van der Waals surface area contributed by atoms with Crippen molar-refractivity contribution in [3.63, 3.8) is 0 Å². The fourth-order valence-corrected chi connectivity index (χ4v) is 2.80. The molecule has 0 fully saturated rings. The number of rotatable bonds is 5. The van der Waals surface area contributed by atoms with Crippen molar-refractivity contribution in [1.29, 1.82) is 0 Å². The number of hydrogen-bond acceptors (Lipinski definition) is 1. The molecule has 0 bridgehead atoms. The molecule has 1 rings (SSSR count). The first-order valence-corrected chi connectivity index (χ1v) is 7.63. The first-order chi connectivity index (χ1) is 8.41. The molecule has 0 aliphatic carbocycles. The predicted molar refractivity (Wildman–Crippen MR) is 81.0 cm³/mol. The van der Waals surface area contributed by atoms with Gasteiger partial charge in [-0.15, -0.1) is 0 Å². The van der Waals surface area contributed by atoms with E-state index in [0.29, 0.717) is 15.6 Å². The average Bonchev–Trinajstić information content (AvgIpc) is 2.32. The molecule has 0 saturated carbocycles. The van der Waals surface area contributed by atoms with Gasteiger partial charge in [0.05, 0.1) is 10.6 Å². The maximum Gasteiger partial charge on any atom is 0.253 e. The van der Waals surface area contributed by atoms with Crippen molar-refractivity contribution in [1.82, 2.24) is 5.32 Å². The molecule has 0 radical (unpaired) electrons. The van der Waals surface area contributed by atoms with Crippen LogP contribution in [0, 0.1) is 0 Å². The van der Waals surface area contributed by atoms with Crippen LogP contribution in [0.4, 0.5) is 0 Å². The normalized spacial score (nSPS) is 14.1. The Bertz CT molecular complexity index is 439. The van der Waals surface area contributed by atoms with Gasteiger partial charge in [-0.1, -0.05) is 46.1 Å². The minimum atomic E-state index is -0.244. The van der Waals surface area contributed by atoms with E-state index in [-0.39, 0.29) is 11.4 Å². The number of carbonyl (C=O) groups is 1. The fourth-order valence-electron chi connectivity index (χ4n) is 1.55. The third-order valence-corrected chi connectivity index (χ3v) is 3.98. The van der Waals surface area contributed by atoms with E-state index < -0.39 is 0 Å². The summed E-state index contributed by atoms with van der Waals surface area (Å²) >= 11 is 15.3. The molecule has 0 heterocycles. The Morgan fingerprint density at radius 1 is 1.44 bits per heavy atom. The average molecular weight is 353 g/mol. The maximum absolute atomic E-state index is 12.2. The van der Waals surface area contributed by atoms with E-state index in [1.807, 2.05) is 13.8 Å². The van der Waals surface area contributed by atoms with E-state index in [0.717, 1.165) is 18.2 Å². The zero-order valence-electron chi connectivity index (χ0n) is 10.4. The molecular weight excluding hydrogens is 337 g/mol. The Morgan fingerprint density at radius 3 is 2.67 bits per heavy atom. The summed E-state index contributed by atoms with van der Waals surface area (Å²) in [6, 6.07) is 4.88. The predicted octanol–water partition coefficient (Wildman–Crippen LogP) is 4.68. The van der Waals surface area contributed by atoms with E-state index >= 15 is 0 Å². The fraction of sp³-hybridized carbons (Fsp3) is 0.462. The lowest BCUT2D eigenvalue weighted by Crippen LogP contribution is -2.45. The van der Waals surface area contributed by atoms with Crippen molar-refractivity contribution >= 4 is 45.0 Å². The molecule has 0 aliphatic heterocycles. The van der Waals surface area contributed by atoms with Gasteiger partial charge in [-0.2, -0.15) is 0 Å². The van der Waals surface area contributed by atoms with Gasteiger partial charge < -0.3 is 5.32 Å². The van der Waals surface area contributed by atoms with E-state index in [2.05, 4.69) is 21.2 Å². The highest BCUT2D eigenvalue weighted by molar-refractivity contribution is 9.09. The summed E-state index contributed by atoms with van der Waals surface area (Å²) in [6.45, 7) is 4.06. The molecule has 0 saturated heterocycles. The van der Waals surface area contributed by atoms with Crippen molar-refractivity contribution in [2.24, 2.45) is 0 Å². The van der Waals surface area contributed by atoms with E-state index in [4.69, 9.17) is 23.2 Å². The van der Waals surface area contributed by atoms with Crippen LogP contribution in [0.15, 0.2) is 18.2 Å². The third kappa shape index (κ3) is 4.15. The largest absolute Gasteiger partial charge is 0.347 e. The van der Waals surface area contributed by atoms with Crippen molar-refractivity contribution in [2.75, 3.05) is 5.33 Å². The van der Waals surface area contributed by atoms with E-state index in [9.17, 15) is 4.79 Å². The standard InChI is InChI=1S/C13H16BrCl2NO/c1-3-13(2,6-7-14)17-12(18)10-8-9(15)4-5-11(10)16/h4-5,8H,3,6-7H2,1-2H3,(H,17,18). The molecule has 100 valence electrons. The molecule has 0 aromatic heterocycles. The molecule has 1 aromatic carbocycles. The molecule has 1 N–H and O–H groups in total. The zero-order chi connectivity index (χ0) is 13.8. The molecule has 18 heavy (non-hydrogen) atoms. The Balaban J connectivity index is 2.90. The van der Waals surface area contributed by atoms with Gasteiger partial charge in [0.2, 0.25) is 0 Å². The molecular formula is C13H16BrCl2NO. The molecule has 2 nitrogen and oxygen atoms in total. The highest BCUT2D eigenvalue weighted by atomic mass is 79.9. The minimum absolute atomic E-state index is 0.187. The summed E-state index contributed by atoms with van der Waals surface area (Å²) in [5, 5.41) is 4.76. The smallest absolute Gasteiger partial charge is 0.253 e. The Morgan fingerprint density at radius 2 is 2.11 bits per heavy atom. The number of carbonyl (C=O) groups excluding carboxylic acids is 1. The van der Waals surface area contributed by atoms with Crippen LogP contribution in [-0.4, -0.2) is 16.8 Å². The van der Waals surface area contributed by atoms with Crippen LogP contribution in [-0.2, 0) is 0 Å². The molecule has 1 aromatic rings. The first kappa shape index (κ1) is 15.8. The van der Waals surface area contributed by atoms with Crippen molar-refractivity contribution in [3.8, 4) is 0 Å². The lowest BCUT2D eigenvalue weighted by Gasteiger charge is -2.29. The molecule has 0 spiro atoms. The van der Waals surface area contributed by atoms with Crippen LogP contribution in [0.3, 0.4) is 0 Å². The highest BCUT2D eigenvalue weighted by Crippen LogP contribution is 2.23. The van der Waals surface area contributed by atoms with Gasteiger partial charge in [0.25, 0.3) is 5.91 Å². The lowest BCUT2D eigenvalue weighted by molar-refractivity contribution is 0.0902. The number of amides is 1. The Hall–Kier alpha value is -0.250. The lowest BCUT2D eigenvalue weighted by atomic mass is 9.95. The molecule has 0 aliphatic rings. The second-order valence-corrected chi connectivity index (χ2v) is 6.07. The highest BCUT2D eigenvalue weighted by Gasteiger charge is 2.25. The van der Waals surface area contributed by atoms with Crippen LogP contribution in [0.1, 0.15) is 37.0 Å². The monoisotopic (exact) mass is 351 g/mol. The van der Waals surface area contributed by atoms with Gasteiger partial charge in [-0.3, -0.25) is 4.79 Å². The Labute approximate surface area is 126 Å². The number of halogens is 3. The molecule has 5 heteroatoms. The van der Waals surface area contributed by atoms with Crippen molar-refractivity contribution in [3.05, 3.63) is 33.8 Å². The summed E-state index contributed by atoms with van der Waals surface area (Å²) in [7, 11) is 0. The number of nitrogens with one attached hydrogen (secondary N) is 1. The quantitative estimate of drug-likeness (QED) is 0.766. The SMILES string of the molecule is CCC(C)(CCBr)NC(=O)c1cc(Cl)ccc1Cl. The van der Waals surface area contributed by atoms with E-state index in [1.54, 1.807) is 18.2 Å². The summed E-state index contributed by atoms with van der Waals surface area (Å²) in [5.74, 6) is -0.187. The van der Waals surface area contributed by atoms with Gasteiger partial charge in [0, 0.05) is 15.9 Å². The van der Waals surface area contributed by atoms with Crippen LogP contribution in [0.5, 0.6) is 0 Å². The molecule has 1 atom stereocenters. The third-order valence-electron chi connectivity index (χ3n) is 3.01. The summed E-state index contributed by atoms with van der Waals surface area (Å²) in [5.41, 5.74) is 0.171.